The van der Waals surface area contributed by atoms with Crippen molar-refractivity contribution in [2.24, 2.45) is 5.92 Å². The van der Waals surface area contributed by atoms with E-state index in [9.17, 15) is 9.59 Å². The van der Waals surface area contributed by atoms with Crippen LogP contribution in [0, 0.1) is 5.92 Å². The molecule has 0 fully saturated rings. The molecule has 2 aromatic carbocycles. The fourth-order valence-corrected chi connectivity index (χ4v) is 2.32. The van der Waals surface area contributed by atoms with E-state index in [1.54, 1.807) is 24.3 Å². The molecule has 0 heterocycles. The molecule has 0 spiro atoms. The minimum Gasteiger partial charge on any atom is -0.354 e. The molecule has 0 aromatic heterocycles. The third-order valence-corrected chi connectivity index (χ3v) is 3.62. The summed E-state index contributed by atoms with van der Waals surface area (Å²) >= 11 is 0. The van der Waals surface area contributed by atoms with Gasteiger partial charge >= 0.3 is 0 Å². The Labute approximate surface area is 143 Å². The topological polar surface area (TPSA) is 58.2 Å². The van der Waals surface area contributed by atoms with E-state index in [2.05, 4.69) is 10.6 Å². The van der Waals surface area contributed by atoms with Crippen molar-refractivity contribution in [3.8, 4) is 0 Å². The maximum atomic E-state index is 12.5. The summed E-state index contributed by atoms with van der Waals surface area (Å²) in [6.45, 7) is 4.66. The first kappa shape index (κ1) is 17.7. The van der Waals surface area contributed by atoms with E-state index in [0.29, 0.717) is 24.4 Å². The second-order valence-corrected chi connectivity index (χ2v) is 6.22. The molecule has 4 heteroatoms. The Morgan fingerprint density at radius 1 is 0.917 bits per heavy atom. The van der Waals surface area contributed by atoms with Gasteiger partial charge in [0.1, 0.15) is 6.04 Å². The van der Waals surface area contributed by atoms with Gasteiger partial charge in [-0.3, -0.25) is 9.59 Å². The van der Waals surface area contributed by atoms with Gasteiger partial charge in [-0.1, -0.05) is 62.4 Å². The second kappa shape index (κ2) is 8.87. The Morgan fingerprint density at radius 2 is 1.50 bits per heavy atom. The van der Waals surface area contributed by atoms with Gasteiger partial charge in [-0.25, -0.2) is 0 Å². The normalized spacial score (nSPS) is 11.8. The Morgan fingerprint density at radius 3 is 2.08 bits per heavy atom. The van der Waals surface area contributed by atoms with E-state index >= 15 is 0 Å². The zero-order valence-corrected chi connectivity index (χ0v) is 14.2. The lowest BCUT2D eigenvalue weighted by Crippen LogP contribution is -2.48. The van der Waals surface area contributed by atoms with Gasteiger partial charge in [0.15, 0.2) is 0 Å². The number of carbonyl (C=O) groups is 2. The quantitative estimate of drug-likeness (QED) is 0.823. The van der Waals surface area contributed by atoms with E-state index in [4.69, 9.17) is 0 Å². The summed E-state index contributed by atoms with van der Waals surface area (Å²) < 4.78 is 0. The zero-order valence-electron chi connectivity index (χ0n) is 14.2. The lowest BCUT2D eigenvalue weighted by Gasteiger charge is -2.19. The minimum atomic E-state index is -0.598. The van der Waals surface area contributed by atoms with Crippen LogP contribution in [-0.2, 0) is 11.2 Å². The molecule has 24 heavy (non-hydrogen) atoms. The van der Waals surface area contributed by atoms with Crippen LogP contribution in [-0.4, -0.2) is 24.4 Å². The Balaban J connectivity index is 2.09. The van der Waals surface area contributed by atoms with Crippen LogP contribution in [0.15, 0.2) is 60.7 Å². The average molecular weight is 324 g/mol. The summed E-state index contributed by atoms with van der Waals surface area (Å²) in [5.74, 6) is -0.0378. The molecule has 2 N–H and O–H groups in total. The largest absolute Gasteiger partial charge is 0.354 e. The highest BCUT2D eigenvalue weighted by Crippen LogP contribution is 2.06. The predicted octanol–water partition coefficient (Wildman–Crippen LogP) is 2.80. The fraction of sp³-hybridized carbons (Fsp3) is 0.300. The molecule has 1 atom stereocenters. The molecule has 0 saturated carbocycles. The van der Waals surface area contributed by atoms with Gasteiger partial charge in [0.2, 0.25) is 5.91 Å². The maximum Gasteiger partial charge on any atom is 0.251 e. The van der Waals surface area contributed by atoms with E-state index in [-0.39, 0.29) is 11.8 Å². The number of amides is 2. The minimum absolute atomic E-state index is 0.156. The maximum absolute atomic E-state index is 12.5. The van der Waals surface area contributed by atoms with Crippen molar-refractivity contribution in [3.63, 3.8) is 0 Å². The molecule has 2 rings (SSSR count). The Hall–Kier alpha value is -2.62. The third-order valence-electron chi connectivity index (χ3n) is 3.62. The number of rotatable bonds is 7. The van der Waals surface area contributed by atoms with Gasteiger partial charge in [-0.15, -0.1) is 0 Å². The van der Waals surface area contributed by atoms with Gasteiger partial charge in [0.25, 0.3) is 5.91 Å². The number of nitrogens with one attached hydrogen (secondary N) is 2. The number of carbonyl (C=O) groups excluding carboxylic acids is 2. The smallest absolute Gasteiger partial charge is 0.251 e. The highest BCUT2D eigenvalue weighted by molar-refractivity contribution is 5.97. The predicted molar refractivity (Wildman–Crippen MR) is 95.7 cm³/mol. The summed E-state index contributed by atoms with van der Waals surface area (Å²) in [6.07, 6.45) is 0.462. The summed E-state index contributed by atoms with van der Waals surface area (Å²) in [4.78, 5) is 24.9. The van der Waals surface area contributed by atoms with Crippen molar-refractivity contribution >= 4 is 11.8 Å². The van der Waals surface area contributed by atoms with Crippen LogP contribution < -0.4 is 10.6 Å². The molecular weight excluding hydrogens is 300 g/mol. The Kier molecular flexibility index (Phi) is 6.55. The molecule has 1 unspecified atom stereocenters. The molecule has 0 saturated heterocycles. The highest BCUT2D eigenvalue weighted by Gasteiger charge is 2.21. The molecule has 4 nitrogen and oxygen atoms in total. The summed E-state index contributed by atoms with van der Waals surface area (Å²) in [7, 11) is 0. The van der Waals surface area contributed by atoms with Crippen molar-refractivity contribution in [1.29, 1.82) is 0 Å². The van der Waals surface area contributed by atoms with Crippen LogP contribution in [0.25, 0.3) is 0 Å². The SMILES string of the molecule is CC(C)CNC(=O)C(Cc1ccccc1)NC(=O)c1ccccc1. The molecular formula is C20H24N2O2. The van der Waals surface area contributed by atoms with Crippen LogP contribution >= 0.6 is 0 Å². The summed E-state index contributed by atoms with van der Waals surface area (Å²) in [6, 6.07) is 18.0. The number of benzene rings is 2. The first-order valence-electron chi connectivity index (χ1n) is 8.24. The molecule has 126 valence electrons. The molecule has 0 aliphatic carbocycles. The van der Waals surface area contributed by atoms with Gasteiger partial charge in [-0.05, 0) is 23.6 Å². The average Bonchev–Trinajstić information content (AvgIpc) is 2.60. The van der Waals surface area contributed by atoms with E-state index in [1.807, 2.05) is 50.2 Å². The van der Waals surface area contributed by atoms with Crippen LogP contribution in [0.2, 0.25) is 0 Å². The van der Waals surface area contributed by atoms with Crippen LogP contribution in [0.5, 0.6) is 0 Å². The van der Waals surface area contributed by atoms with Crippen molar-refractivity contribution in [2.75, 3.05) is 6.54 Å². The second-order valence-electron chi connectivity index (χ2n) is 6.22. The lowest BCUT2D eigenvalue weighted by molar-refractivity contribution is -0.123. The van der Waals surface area contributed by atoms with Crippen molar-refractivity contribution < 1.29 is 9.59 Å². The van der Waals surface area contributed by atoms with Crippen molar-refractivity contribution in [3.05, 3.63) is 71.8 Å². The molecule has 0 aliphatic heterocycles. The zero-order chi connectivity index (χ0) is 17.4. The van der Waals surface area contributed by atoms with E-state index < -0.39 is 6.04 Å². The number of hydrogen-bond donors (Lipinski definition) is 2. The Bertz CT molecular complexity index is 654. The summed E-state index contributed by atoms with van der Waals surface area (Å²) in [5, 5.41) is 5.76. The first-order valence-corrected chi connectivity index (χ1v) is 8.24. The fourth-order valence-electron chi connectivity index (χ4n) is 2.32. The van der Waals surface area contributed by atoms with Crippen LogP contribution in [0.3, 0.4) is 0 Å². The molecule has 2 aromatic rings. The van der Waals surface area contributed by atoms with Crippen molar-refractivity contribution in [2.45, 2.75) is 26.3 Å². The van der Waals surface area contributed by atoms with Crippen LogP contribution in [0.1, 0.15) is 29.8 Å². The monoisotopic (exact) mass is 324 g/mol. The van der Waals surface area contributed by atoms with Gasteiger partial charge in [0.05, 0.1) is 0 Å². The van der Waals surface area contributed by atoms with Crippen molar-refractivity contribution in [1.82, 2.24) is 10.6 Å². The standard InChI is InChI=1S/C20H24N2O2/c1-15(2)14-21-20(24)18(13-16-9-5-3-6-10-16)22-19(23)17-11-7-4-8-12-17/h3-12,15,18H,13-14H2,1-2H3,(H,21,24)(H,22,23). The molecule has 0 bridgehead atoms. The molecule has 0 radical (unpaired) electrons. The lowest BCUT2D eigenvalue weighted by atomic mass is 10.0. The molecule has 0 aliphatic rings. The molecule has 2 amide bonds. The van der Waals surface area contributed by atoms with Gasteiger partial charge in [-0.2, -0.15) is 0 Å². The van der Waals surface area contributed by atoms with Gasteiger partial charge in [0, 0.05) is 18.5 Å². The van der Waals surface area contributed by atoms with E-state index in [0.717, 1.165) is 5.56 Å². The highest BCUT2D eigenvalue weighted by atomic mass is 16.2. The van der Waals surface area contributed by atoms with Gasteiger partial charge < -0.3 is 10.6 Å². The van der Waals surface area contributed by atoms with Crippen LogP contribution in [0.4, 0.5) is 0 Å². The van der Waals surface area contributed by atoms with E-state index in [1.165, 1.54) is 0 Å². The number of hydrogen-bond acceptors (Lipinski definition) is 2. The summed E-state index contributed by atoms with van der Waals surface area (Å²) in [5.41, 5.74) is 1.56. The third kappa shape index (κ3) is 5.54. The first-order chi connectivity index (χ1) is 11.6.